The van der Waals surface area contributed by atoms with Crippen molar-refractivity contribution in [2.75, 3.05) is 39.4 Å². The number of likely N-dealkylation sites (tertiary alicyclic amines) is 1. The zero-order valence-electron chi connectivity index (χ0n) is 13.6. The summed E-state index contributed by atoms with van der Waals surface area (Å²) in [6.07, 6.45) is 4.88. The molecule has 0 aromatic rings. The molecule has 2 unspecified atom stereocenters. The van der Waals surface area contributed by atoms with Crippen LogP contribution in [-0.2, 0) is 4.74 Å². The number of morpholine rings is 1. The van der Waals surface area contributed by atoms with Gasteiger partial charge in [0.1, 0.15) is 0 Å². The summed E-state index contributed by atoms with van der Waals surface area (Å²) in [6, 6.07) is 1.20. The first-order valence-electron chi connectivity index (χ1n) is 8.41. The molecule has 0 aromatic heterocycles. The summed E-state index contributed by atoms with van der Waals surface area (Å²) in [5.41, 5.74) is 6.48. The fraction of sp³-hybridized carbons (Fsp3) is 1.00. The molecular weight excluding hydrogens is 250 g/mol. The maximum Gasteiger partial charge on any atom is 0.0622 e. The molecule has 0 saturated carbocycles. The highest BCUT2D eigenvalue weighted by Gasteiger charge is 2.41. The molecule has 2 saturated heterocycles. The minimum Gasteiger partial charge on any atom is -0.378 e. The molecule has 0 aromatic carbocycles. The average Bonchev–Trinajstić information content (AvgIpc) is 2.70. The van der Waals surface area contributed by atoms with Gasteiger partial charge in [0.05, 0.1) is 13.2 Å². The van der Waals surface area contributed by atoms with E-state index in [0.29, 0.717) is 12.1 Å². The van der Waals surface area contributed by atoms with E-state index in [2.05, 4.69) is 30.6 Å². The lowest BCUT2D eigenvalue weighted by atomic mass is 9.86. The molecule has 2 aliphatic rings. The van der Waals surface area contributed by atoms with Crippen molar-refractivity contribution < 1.29 is 4.74 Å². The van der Waals surface area contributed by atoms with Gasteiger partial charge in [0.15, 0.2) is 0 Å². The highest BCUT2D eigenvalue weighted by atomic mass is 16.5. The van der Waals surface area contributed by atoms with Crippen molar-refractivity contribution in [2.24, 2.45) is 5.73 Å². The minimum absolute atomic E-state index is 0.202. The standard InChI is InChI=1S/C16H33N3O/c1-4-15-12-20-11-10-19(15)16(13-17)6-5-8-18(9-7-16)14(2)3/h14-15H,4-13,17H2,1-3H3. The number of ether oxygens (including phenoxy) is 1. The van der Waals surface area contributed by atoms with Crippen LogP contribution < -0.4 is 5.73 Å². The molecule has 0 spiro atoms. The molecule has 2 N–H and O–H groups in total. The van der Waals surface area contributed by atoms with Gasteiger partial charge < -0.3 is 15.4 Å². The predicted molar refractivity (Wildman–Crippen MR) is 83.9 cm³/mol. The first kappa shape index (κ1) is 16.2. The largest absolute Gasteiger partial charge is 0.378 e. The van der Waals surface area contributed by atoms with Gasteiger partial charge in [0, 0.05) is 37.3 Å². The molecule has 20 heavy (non-hydrogen) atoms. The van der Waals surface area contributed by atoms with E-state index in [1.165, 1.54) is 32.4 Å². The summed E-state index contributed by atoms with van der Waals surface area (Å²) < 4.78 is 5.68. The first-order valence-corrected chi connectivity index (χ1v) is 8.41. The van der Waals surface area contributed by atoms with Crippen molar-refractivity contribution in [1.82, 2.24) is 9.80 Å². The van der Waals surface area contributed by atoms with Gasteiger partial charge in [-0.05, 0) is 46.1 Å². The van der Waals surface area contributed by atoms with Gasteiger partial charge in [-0.2, -0.15) is 0 Å². The molecule has 0 bridgehead atoms. The second-order valence-corrected chi connectivity index (χ2v) is 6.74. The summed E-state index contributed by atoms with van der Waals surface area (Å²) in [5.74, 6) is 0. The summed E-state index contributed by atoms with van der Waals surface area (Å²) in [6.45, 7) is 12.9. The van der Waals surface area contributed by atoms with Gasteiger partial charge in [-0.25, -0.2) is 0 Å². The van der Waals surface area contributed by atoms with Crippen molar-refractivity contribution in [1.29, 1.82) is 0 Å². The van der Waals surface area contributed by atoms with Crippen LogP contribution >= 0.6 is 0 Å². The first-order chi connectivity index (χ1) is 9.63. The normalized spacial score (nSPS) is 34.4. The van der Waals surface area contributed by atoms with Crippen LogP contribution in [0, 0.1) is 0 Å². The molecule has 0 aliphatic carbocycles. The van der Waals surface area contributed by atoms with Crippen LogP contribution in [0.15, 0.2) is 0 Å². The average molecular weight is 283 g/mol. The van der Waals surface area contributed by atoms with E-state index in [-0.39, 0.29) is 5.54 Å². The van der Waals surface area contributed by atoms with Gasteiger partial charge in [0.2, 0.25) is 0 Å². The Balaban J connectivity index is 2.11. The molecule has 2 rings (SSSR count). The molecule has 0 amide bonds. The molecule has 2 heterocycles. The topological polar surface area (TPSA) is 41.7 Å². The third kappa shape index (κ3) is 3.35. The number of nitrogens with zero attached hydrogens (tertiary/aromatic N) is 2. The molecule has 2 fully saturated rings. The minimum atomic E-state index is 0.202. The van der Waals surface area contributed by atoms with Crippen LogP contribution in [0.4, 0.5) is 0 Å². The number of hydrogen-bond acceptors (Lipinski definition) is 4. The van der Waals surface area contributed by atoms with E-state index in [1.807, 2.05) is 0 Å². The third-order valence-corrected chi connectivity index (χ3v) is 5.37. The lowest BCUT2D eigenvalue weighted by Crippen LogP contribution is -2.61. The van der Waals surface area contributed by atoms with E-state index < -0.39 is 0 Å². The summed E-state index contributed by atoms with van der Waals surface area (Å²) in [4.78, 5) is 5.30. The summed E-state index contributed by atoms with van der Waals surface area (Å²) in [5, 5.41) is 0. The van der Waals surface area contributed by atoms with Crippen molar-refractivity contribution in [3.63, 3.8) is 0 Å². The van der Waals surface area contributed by atoms with Crippen molar-refractivity contribution in [2.45, 2.75) is 64.1 Å². The van der Waals surface area contributed by atoms with Crippen molar-refractivity contribution >= 4 is 0 Å². The second-order valence-electron chi connectivity index (χ2n) is 6.74. The predicted octanol–water partition coefficient (Wildman–Crippen LogP) is 1.69. The van der Waals surface area contributed by atoms with E-state index in [0.717, 1.165) is 32.7 Å². The Morgan fingerprint density at radius 2 is 2.05 bits per heavy atom. The van der Waals surface area contributed by atoms with Crippen LogP contribution in [0.2, 0.25) is 0 Å². The molecule has 2 atom stereocenters. The molecule has 0 radical (unpaired) electrons. The maximum atomic E-state index is 6.28. The Bertz CT molecular complexity index is 297. The van der Waals surface area contributed by atoms with Crippen LogP contribution in [0.5, 0.6) is 0 Å². The fourth-order valence-electron chi connectivity index (χ4n) is 3.94. The van der Waals surface area contributed by atoms with Gasteiger partial charge >= 0.3 is 0 Å². The molecule has 4 nitrogen and oxygen atoms in total. The van der Waals surface area contributed by atoms with Crippen molar-refractivity contribution in [3.8, 4) is 0 Å². The molecule has 4 heteroatoms. The number of nitrogens with two attached hydrogens (primary N) is 1. The van der Waals surface area contributed by atoms with Gasteiger partial charge in [-0.1, -0.05) is 6.92 Å². The van der Waals surface area contributed by atoms with E-state index in [4.69, 9.17) is 10.5 Å². The Hall–Kier alpha value is -0.160. The van der Waals surface area contributed by atoms with Crippen LogP contribution in [0.1, 0.15) is 46.5 Å². The summed E-state index contributed by atoms with van der Waals surface area (Å²) >= 11 is 0. The van der Waals surface area contributed by atoms with Gasteiger partial charge in [-0.15, -0.1) is 0 Å². The Morgan fingerprint density at radius 1 is 1.25 bits per heavy atom. The van der Waals surface area contributed by atoms with Gasteiger partial charge in [0.25, 0.3) is 0 Å². The zero-order chi connectivity index (χ0) is 14.6. The molecular formula is C16H33N3O. The van der Waals surface area contributed by atoms with Gasteiger partial charge in [-0.3, -0.25) is 4.90 Å². The number of hydrogen-bond donors (Lipinski definition) is 1. The third-order valence-electron chi connectivity index (χ3n) is 5.37. The van der Waals surface area contributed by atoms with Crippen LogP contribution in [0.3, 0.4) is 0 Å². The lowest BCUT2D eigenvalue weighted by Gasteiger charge is -2.49. The fourth-order valence-corrected chi connectivity index (χ4v) is 3.94. The van der Waals surface area contributed by atoms with E-state index in [1.54, 1.807) is 0 Å². The van der Waals surface area contributed by atoms with Crippen LogP contribution in [0.25, 0.3) is 0 Å². The van der Waals surface area contributed by atoms with E-state index >= 15 is 0 Å². The van der Waals surface area contributed by atoms with E-state index in [9.17, 15) is 0 Å². The summed E-state index contributed by atoms with van der Waals surface area (Å²) in [7, 11) is 0. The Labute approximate surface area is 124 Å². The SMILES string of the molecule is CCC1COCCN1C1(CN)CCCN(C(C)C)CC1. The molecule has 2 aliphatic heterocycles. The quantitative estimate of drug-likeness (QED) is 0.852. The highest BCUT2D eigenvalue weighted by molar-refractivity contribution is 4.98. The zero-order valence-corrected chi connectivity index (χ0v) is 13.6. The van der Waals surface area contributed by atoms with Crippen molar-refractivity contribution in [3.05, 3.63) is 0 Å². The Kier molecular flexibility index (Phi) is 5.84. The molecule has 118 valence electrons. The maximum absolute atomic E-state index is 6.28. The number of rotatable bonds is 4. The highest BCUT2D eigenvalue weighted by Crippen LogP contribution is 2.32. The smallest absolute Gasteiger partial charge is 0.0622 e. The van der Waals surface area contributed by atoms with Crippen LogP contribution in [-0.4, -0.2) is 66.8 Å². The second kappa shape index (κ2) is 7.21. The lowest BCUT2D eigenvalue weighted by molar-refractivity contribution is -0.0687. The Morgan fingerprint density at radius 3 is 2.70 bits per heavy atom. The monoisotopic (exact) mass is 283 g/mol.